The standard InChI is InChI=1S/C16H19BO3/c1-15(2)16(3,4)20-17(19-15)13-7-5-11-6-8-14(18)10-12(11)9-13/h5-9H,10H2,1-4H3. The van der Waals surface area contributed by atoms with Crippen molar-refractivity contribution in [3.8, 4) is 0 Å². The lowest BCUT2D eigenvalue weighted by Crippen LogP contribution is -2.41. The lowest BCUT2D eigenvalue weighted by atomic mass is 9.77. The van der Waals surface area contributed by atoms with Gasteiger partial charge in [-0.25, -0.2) is 0 Å². The third-order valence-corrected chi connectivity index (χ3v) is 4.51. The fraction of sp³-hybridized carbons (Fsp3) is 0.438. The minimum atomic E-state index is -0.369. The summed E-state index contributed by atoms with van der Waals surface area (Å²) in [6.45, 7) is 8.16. The quantitative estimate of drug-likeness (QED) is 0.733. The molecule has 1 aromatic carbocycles. The summed E-state index contributed by atoms with van der Waals surface area (Å²) in [5.74, 6) is 0.142. The highest BCUT2D eigenvalue weighted by atomic mass is 16.7. The van der Waals surface area contributed by atoms with Gasteiger partial charge in [0.15, 0.2) is 5.78 Å². The predicted octanol–water partition coefficient (Wildman–Crippen LogP) is 2.12. The Morgan fingerprint density at radius 1 is 1.05 bits per heavy atom. The largest absolute Gasteiger partial charge is 0.494 e. The van der Waals surface area contributed by atoms with Crippen LogP contribution in [0.4, 0.5) is 0 Å². The maximum Gasteiger partial charge on any atom is 0.494 e. The van der Waals surface area contributed by atoms with Crippen molar-refractivity contribution in [2.45, 2.75) is 45.3 Å². The molecule has 0 unspecified atom stereocenters. The van der Waals surface area contributed by atoms with Gasteiger partial charge in [0.05, 0.1) is 11.2 Å². The second-order valence-electron chi connectivity index (χ2n) is 6.52. The van der Waals surface area contributed by atoms with Gasteiger partial charge >= 0.3 is 7.12 Å². The molecule has 1 aliphatic carbocycles. The molecule has 3 rings (SSSR count). The van der Waals surface area contributed by atoms with Crippen LogP contribution in [0.2, 0.25) is 0 Å². The van der Waals surface area contributed by atoms with E-state index in [-0.39, 0.29) is 24.1 Å². The first-order valence-electron chi connectivity index (χ1n) is 6.98. The number of benzene rings is 1. The molecular weight excluding hydrogens is 251 g/mol. The van der Waals surface area contributed by atoms with Crippen molar-refractivity contribution in [1.29, 1.82) is 0 Å². The lowest BCUT2D eigenvalue weighted by Gasteiger charge is -2.32. The Morgan fingerprint density at radius 2 is 1.70 bits per heavy atom. The monoisotopic (exact) mass is 270 g/mol. The molecule has 0 amide bonds. The van der Waals surface area contributed by atoms with Crippen LogP contribution >= 0.6 is 0 Å². The maximum absolute atomic E-state index is 11.5. The van der Waals surface area contributed by atoms with Crippen LogP contribution in [-0.2, 0) is 20.5 Å². The molecular formula is C16H19BO3. The van der Waals surface area contributed by atoms with E-state index in [1.165, 1.54) is 0 Å². The Hall–Kier alpha value is -1.39. The van der Waals surface area contributed by atoms with Gasteiger partial charge in [-0.15, -0.1) is 0 Å². The summed E-state index contributed by atoms with van der Waals surface area (Å²) in [7, 11) is -0.369. The van der Waals surface area contributed by atoms with Crippen LogP contribution in [0.25, 0.3) is 6.08 Å². The highest BCUT2D eigenvalue weighted by Gasteiger charge is 2.51. The molecule has 0 atom stereocenters. The fourth-order valence-electron chi connectivity index (χ4n) is 2.50. The number of hydrogen-bond acceptors (Lipinski definition) is 3. The molecule has 0 bridgehead atoms. The molecule has 0 aromatic heterocycles. The third kappa shape index (κ3) is 2.13. The zero-order chi connectivity index (χ0) is 14.5. The first-order chi connectivity index (χ1) is 9.28. The molecule has 1 saturated heterocycles. The summed E-state index contributed by atoms with van der Waals surface area (Å²) in [4.78, 5) is 11.5. The van der Waals surface area contributed by atoms with E-state index in [1.807, 2.05) is 52.0 Å². The highest BCUT2D eigenvalue weighted by Crippen LogP contribution is 2.36. The van der Waals surface area contributed by atoms with Crippen LogP contribution in [0, 0.1) is 0 Å². The van der Waals surface area contributed by atoms with Crippen molar-refractivity contribution in [2.24, 2.45) is 0 Å². The van der Waals surface area contributed by atoms with E-state index in [1.54, 1.807) is 6.08 Å². The molecule has 20 heavy (non-hydrogen) atoms. The molecule has 1 aliphatic heterocycles. The smallest absolute Gasteiger partial charge is 0.399 e. The summed E-state index contributed by atoms with van der Waals surface area (Å²) in [6, 6.07) is 6.07. The van der Waals surface area contributed by atoms with Gasteiger partial charge in [-0.3, -0.25) is 4.79 Å². The molecule has 0 saturated carbocycles. The molecule has 0 N–H and O–H groups in total. The van der Waals surface area contributed by atoms with Crippen LogP contribution in [0.1, 0.15) is 38.8 Å². The minimum Gasteiger partial charge on any atom is -0.399 e. The number of rotatable bonds is 1. The average molecular weight is 270 g/mol. The molecule has 1 fully saturated rings. The molecule has 1 aromatic rings. The van der Waals surface area contributed by atoms with Gasteiger partial charge in [-0.1, -0.05) is 24.3 Å². The topological polar surface area (TPSA) is 35.5 Å². The summed E-state index contributed by atoms with van der Waals surface area (Å²) in [6.07, 6.45) is 3.96. The van der Waals surface area contributed by atoms with E-state index >= 15 is 0 Å². The van der Waals surface area contributed by atoms with Gasteiger partial charge in [-0.2, -0.15) is 0 Å². The SMILES string of the molecule is CC1(C)OB(c2ccc3c(c2)CC(=O)C=C3)OC1(C)C. The van der Waals surface area contributed by atoms with Crippen molar-refractivity contribution in [3.05, 3.63) is 35.4 Å². The molecule has 0 spiro atoms. The van der Waals surface area contributed by atoms with E-state index in [2.05, 4.69) is 0 Å². The first kappa shape index (κ1) is 13.6. The van der Waals surface area contributed by atoms with Crippen LogP contribution in [-0.4, -0.2) is 24.1 Å². The normalized spacial score (nSPS) is 23.0. The minimum absolute atomic E-state index is 0.142. The summed E-state index contributed by atoms with van der Waals surface area (Å²) in [5, 5.41) is 0. The Kier molecular flexibility index (Phi) is 2.92. The molecule has 2 aliphatic rings. The lowest BCUT2D eigenvalue weighted by molar-refractivity contribution is -0.114. The van der Waals surface area contributed by atoms with Crippen LogP contribution in [0.3, 0.4) is 0 Å². The van der Waals surface area contributed by atoms with Crippen molar-refractivity contribution in [2.75, 3.05) is 0 Å². The molecule has 1 heterocycles. The first-order valence-corrected chi connectivity index (χ1v) is 6.98. The van der Waals surface area contributed by atoms with E-state index in [4.69, 9.17) is 9.31 Å². The molecule has 3 nitrogen and oxygen atoms in total. The predicted molar refractivity (Wildman–Crippen MR) is 79.9 cm³/mol. The van der Waals surface area contributed by atoms with Gasteiger partial charge in [0.25, 0.3) is 0 Å². The highest BCUT2D eigenvalue weighted by molar-refractivity contribution is 6.62. The second kappa shape index (κ2) is 4.30. The van der Waals surface area contributed by atoms with Crippen molar-refractivity contribution < 1.29 is 14.1 Å². The van der Waals surface area contributed by atoms with Crippen LogP contribution in [0.5, 0.6) is 0 Å². The third-order valence-electron chi connectivity index (χ3n) is 4.51. The fourth-order valence-corrected chi connectivity index (χ4v) is 2.50. The van der Waals surface area contributed by atoms with Gasteiger partial charge in [0.1, 0.15) is 0 Å². The van der Waals surface area contributed by atoms with Gasteiger partial charge < -0.3 is 9.31 Å². The molecule has 0 radical (unpaired) electrons. The van der Waals surface area contributed by atoms with E-state index < -0.39 is 0 Å². The average Bonchev–Trinajstić information content (AvgIpc) is 2.57. The number of fused-ring (bicyclic) bond motifs is 1. The number of carbonyl (C=O) groups is 1. The number of ketones is 1. The number of allylic oxidation sites excluding steroid dienone is 1. The van der Waals surface area contributed by atoms with Gasteiger partial charge in [0.2, 0.25) is 0 Å². The summed E-state index contributed by atoms with van der Waals surface area (Å²) < 4.78 is 12.1. The molecule has 104 valence electrons. The van der Waals surface area contributed by atoms with E-state index in [9.17, 15) is 4.79 Å². The Labute approximate surface area is 120 Å². The van der Waals surface area contributed by atoms with E-state index in [0.717, 1.165) is 16.6 Å². The van der Waals surface area contributed by atoms with Gasteiger partial charge in [0, 0.05) is 6.42 Å². The van der Waals surface area contributed by atoms with Crippen LogP contribution in [0.15, 0.2) is 24.3 Å². The number of carbonyl (C=O) groups excluding carboxylic acids is 1. The second-order valence-corrected chi connectivity index (χ2v) is 6.52. The number of hydrogen-bond donors (Lipinski definition) is 0. The summed E-state index contributed by atoms with van der Waals surface area (Å²) in [5.41, 5.74) is 2.44. The van der Waals surface area contributed by atoms with Crippen molar-refractivity contribution in [3.63, 3.8) is 0 Å². The van der Waals surface area contributed by atoms with Crippen molar-refractivity contribution >= 4 is 24.4 Å². The zero-order valence-electron chi connectivity index (χ0n) is 12.4. The Morgan fingerprint density at radius 3 is 2.35 bits per heavy atom. The Balaban J connectivity index is 1.92. The van der Waals surface area contributed by atoms with Crippen LogP contribution < -0.4 is 5.46 Å². The summed E-state index contributed by atoms with van der Waals surface area (Å²) >= 11 is 0. The zero-order valence-corrected chi connectivity index (χ0v) is 12.4. The van der Waals surface area contributed by atoms with Gasteiger partial charge in [-0.05, 0) is 50.4 Å². The molecule has 4 heteroatoms. The Bertz CT molecular complexity index is 586. The maximum atomic E-state index is 11.5. The van der Waals surface area contributed by atoms with E-state index in [0.29, 0.717) is 6.42 Å². The van der Waals surface area contributed by atoms with Crippen molar-refractivity contribution in [1.82, 2.24) is 0 Å².